The standard InChI is InChI=1S/C25H30ClFN2O3/c1-17-14-22(12-13-23(17)26)32-16-24(30)29(15-19-8-10-20(27)11-9-19)18(2)25(31)28-21-6-4-3-5-7-21/h8-14,18,21H,3-7,15-16H2,1-2H3,(H,28,31). The summed E-state index contributed by atoms with van der Waals surface area (Å²) in [5.74, 6) is -0.333. The molecule has 172 valence electrons. The van der Waals surface area contributed by atoms with Crippen LogP contribution < -0.4 is 10.1 Å². The van der Waals surface area contributed by atoms with Crippen LogP contribution in [0.15, 0.2) is 42.5 Å². The predicted octanol–water partition coefficient (Wildman–Crippen LogP) is 5.03. The molecular formula is C25H30ClFN2O3. The molecule has 1 atom stereocenters. The van der Waals surface area contributed by atoms with Crippen molar-refractivity contribution in [1.29, 1.82) is 0 Å². The third-order valence-electron chi connectivity index (χ3n) is 5.88. The zero-order chi connectivity index (χ0) is 23.1. The topological polar surface area (TPSA) is 58.6 Å². The van der Waals surface area contributed by atoms with Crippen LogP contribution in [-0.2, 0) is 16.1 Å². The van der Waals surface area contributed by atoms with E-state index in [1.165, 1.54) is 23.5 Å². The van der Waals surface area contributed by atoms with Gasteiger partial charge in [0.15, 0.2) is 6.61 Å². The zero-order valence-corrected chi connectivity index (χ0v) is 19.3. The molecule has 0 radical (unpaired) electrons. The van der Waals surface area contributed by atoms with E-state index in [2.05, 4.69) is 5.32 Å². The SMILES string of the molecule is Cc1cc(OCC(=O)N(Cc2ccc(F)cc2)C(C)C(=O)NC2CCCCC2)ccc1Cl. The van der Waals surface area contributed by atoms with Crippen LogP contribution in [0.1, 0.15) is 50.2 Å². The van der Waals surface area contributed by atoms with E-state index < -0.39 is 6.04 Å². The van der Waals surface area contributed by atoms with E-state index in [4.69, 9.17) is 16.3 Å². The maximum Gasteiger partial charge on any atom is 0.261 e. The van der Waals surface area contributed by atoms with Gasteiger partial charge in [0.2, 0.25) is 5.91 Å². The number of aryl methyl sites for hydroxylation is 1. The summed E-state index contributed by atoms with van der Waals surface area (Å²) in [7, 11) is 0. The number of nitrogens with one attached hydrogen (secondary N) is 1. The Bertz CT molecular complexity index is 929. The van der Waals surface area contributed by atoms with E-state index in [1.807, 2.05) is 6.92 Å². The van der Waals surface area contributed by atoms with E-state index in [0.717, 1.165) is 36.8 Å². The van der Waals surface area contributed by atoms with Crippen LogP contribution in [0, 0.1) is 12.7 Å². The predicted molar refractivity (Wildman–Crippen MR) is 123 cm³/mol. The maximum absolute atomic E-state index is 13.3. The van der Waals surface area contributed by atoms with Crippen molar-refractivity contribution in [2.75, 3.05) is 6.61 Å². The fraction of sp³-hybridized carbons (Fsp3) is 0.440. The van der Waals surface area contributed by atoms with Crippen LogP contribution in [0.5, 0.6) is 5.75 Å². The van der Waals surface area contributed by atoms with E-state index in [0.29, 0.717) is 10.8 Å². The van der Waals surface area contributed by atoms with Crippen LogP contribution in [0.3, 0.4) is 0 Å². The van der Waals surface area contributed by atoms with Gasteiger partial charge in [0.1, 0.15) is 17.6 Å². The van der Waals surface area contributed by atoms with Crippen molar-refractivity contribution in [3.05, 3.63) is 64.4 Å². The van der Waals surface area contributed by atoms with E-state index in [-0.39, 0.29) is 36.8 Å². The van der Waals surface area contributed by atoms with Crippen LogP contribution in [0.25, 0.3) is 0 Å². The Morgan fingerprint density at radius 1 is 1.16 bits per heavy atom. The Balaban J connectivity index is 1.70. The molecule has 7 heteroatoms. The molecule has 1 fully saturated rings. The molecule has 0 aromatic heterocycles. The molecule has 1 saturated carbocycles. The fourth-order valence-corrected chi connectivity index (χ4v) is 3.99. The Morgan fingerprint density at radius 2 is 1.84 bits per heavy atom. The number of nitrogens with zero attached hydrogens (tertiary/aromatic N) is 1. The number of hydrogen-bond donors (Lipinski definition) is 1. The highest BCUT2D eigenvalue weighted by Gasteiger charge is 2.28. The van der Waals surface area contributed by atoms with Crippen molar-refractivity contribution in [3.63, 3.8) is 0 Å². The van der Waals surface area contributed by atoms with Crippen LogP contribution in [0.4, 0.5) is 4.39 Å². The number of halogens is 2. The molecule has 0 saturated heterocycles. The quantitative estimate of drug-likeness (QED) is 0.600. The normalized spacial score (nSPS) is 15.1. The largest absolute Gasteiger partial charge is 0.484 e. The Labute approximate surface area is 193 Å². The zero-order valence-electron chi connectivity index (χ0n) is 18.6. The molecule has 1 aliphatic rings. The molecule has 0 heterocycles. The van der Waals surface area contributed by atoms with Crippen molar-refractivity contribution < 1.29 is 18.7 Å². The van der Waals surface area contributed by atoms with Crippen molar-refractivity contribution in [1.82, 2.24) is 10.2 Å². The first kappa shape index (κ1) is 24.1. The highest BCUT2D eigenvalue weighted by Crippen LogP contribution is 2.22. The third-order valence-corrected chi connectivity index (χ3v) is 6.30. The number of carbonyl (C=O) groups excluding carboxylic acids is 2. The van der Waals surface area contributed by atoms with Crippen molar-refractivity contribution in [2.45, 2.75) is 64.6 Å². The van der Waals surface area contributed by atoms with Gasteiger partial charge in [-0.25, -0.2) is 4.39 Å². The van der Waals surface area contributed by atoms with Gasteiger partial charge in [0.05, 0.1) is 0 Å². The molecule has 2 aromatic rings. The summed E-state index contributed by atoms with van der Waals surface area (Å²) in [5, 5.41) is 3.71. The number of amides is 2. The second kappa shape index (κ2) is 11.3. The highest BCUT2D eigenvalue weighted by molar-refractivity contribution is 6.31. The second-order valence-electron chi connectivity index (χ2n) is 8.37. The Hall–Kier alpha value is -2.60. The number of hydrogen-bond acceptors (Lipinski definition) is 3. The summed E-state index contributed by atoms with van der Waals surface area (Å²) >= 11 is 6.05. The lowest BCUT2D eigenvalue weighted by Gasteiger charge is -2.31. The van der Waals surface area contributed by atoms with Gasteiger partial charge in [0.25, 0.3) is 5.91 Å². The summed E-state index contributed by atoms with van der Waals surface area (Å²) in [6.07, 6.45) is 5.32. The molecule has 3 rings (SSSR count). The minimum absolute atomic E-state index is 0.148. The van der Waals surface area contributed by atoms with Gasteiger partial charge in [-0.3, -0.25) is 9.59 Å². The highest BCUT2D eigenvalue weighted by atomic mass is 35.5. The molecule has 32 heavy (non-hydrogen) atoms. The van der Waals surface area contributed by atoms with Crippen LogP contribution >= 0.6 is 11.6 Å². The minimum atomic E-state index is -0.690. The smallest absolute Gasteiger partial charge is 0.261 e. The van der Waals surface area contributed by atoms with Gasteiger partial charge >= 0.3 is 0 Å². The average molecular weight is 461 g/mol. The monoisotopic (exact) mass is 460 g/mol. The molecule has 0 aliphatic heterocycles. The molecule has 5 nitrogen and oxygen atoms in total. The summed E-state index contributed by atoms with van der Waals surface area (Å²) in [6.45, 7) is 3.53. The van der Waals surface area contributed by atoms with E-state index in [1.54, 1.807) is 37.3 Å². The molecule has 2 aromatic carbocycles. The first-order valence-corrected chi connectivity index (χ1v) is 11.4. The molecule has 1 N–H and O–H groups in total. The van der Waals surface area contributed by atoms with E-state index in [9.17, 15) is 14.0 Å². The van der Waals surface area contributed by atoms with Gasteiger partial charge in [-0.15, -0.1) is 0 Å². The summed E-state index contributed by atoms with van der Waals surface area (Å²) < 4.78 is 19.0. The summed E-state index contributed by atoms with van der Waals surface area (Å²) in [5.41, 5.74) is 1.58. The third kappa shape index (κ3) is 6.70. The molecule has 1 aliphatic carbocycles. The first-order valence-electron chi connectivity index (χ1n) is 11.1. The van der Waals surface area contributed by atoms with Gasteiger partial charge in [-0.1, -0.05) is 43.0 Å². The lowest BCUT2D eigenvalue weighted by Crippen LogP contribution is -2.51. The minimum Gasteiger partial charge on any atom is -0.484 e. The van der Waals surface area contributed by atoms with Crippen LogP contribution in [-0.4, -0.2) is 35.4 Å². The number of rotatable bonds is 8. The van der Waals surface area contributed by atoms with Crippen molar-refractivity contribution >= 4 is 23.4 Å². The molecule has 2 amide bonds. The fourth-order valence-electron chi connectivity index (χ4n) is 3.87. The Kier molecular flexibility index (Phi) is 8.51. The molecular weight excluding hydrogens is 431 g/mol. The second-order valence-corrected chi connectivity index (χ2v) is 8.77. The average Bonchev–Trinajstić information content (AvgIpc) is 2.79. The van der Waals surface area contributed by atoms with Crippen molar-refractivity contribution in [3.8, 4) is 5.75 Å². The number of benzene rings is 2. The lowest BCUT2D eigenvalue weighted by atomic mass is 9.95. The van der Waals surface area contributed by atoms with E-state index >= 15 is 0 Å². The van der Waals surface area contributed by atoms with Gasteiger partial charge in [0, 0.05) is 17.6 Å². The molecule has 0 spiro atoms. The van der Waals surface area contributed by atoms with Gasteiger partial charge < -0.3 is 15.0 Å². The molecule has 1 unspecified atom stereocenters. The number of carbonyl (C=O) groups is 2. The first-order chi connectivity index (χ1) is 15.3. The van der Waals surface area contributed by atoms with Gasteiger partial charge in [-0.2, -0.15) is 0 Å². The van der Waals surface area contributed by atoms with Crippen molar-refractivity contribution in [2.24, 2.45) is 0 Å². The van der Waals surface area contributed by atoms with Crippen LogP contribution in [0.2, 0.25) is 5.02 Å². The summed E-state index contributed by atoms with van der Waals surface area (Å²) in [4.78, 5) is 27.5. The lowest BCUT2D eigenvalue weighted by molar-refractivity contribution is -0.142. The molecule has 0 bridgehead atoms. The number of ether oxygens (including phenoxy) is 1. The summed E-state index contributed by atoms with van der Waals surface area (Å²) in [6, 6.07) is 10.6. The maximum atomic E-state index is 13.3. The van der Waals surface area contributed by atoms with Gasteiger partial charge in [-0.05, 0) is 68.1 Å². The Morgan fingerprint density at radius 3 is 2.50 bits per heavy atom.